The lowest BCUT2D eigenvalue weighted by atomic mass is 10.00. The molecule has 0 saturated heterocycles. The smallest absolute Gasteiger partial charge is 0.305 e. The minimum absolute atomic E-state index is 0.352. The Morgan fingerprint density at radius 1 is 1.00 bits per heavy atom. The zero-order chi connectivity index (χ0) is 15.8. The Morgan fingerprint density at radius 3 is 2.57 bits per heavy atom. The maximum Gasteiger partial charge on any atom is 0.345 e. The molecule has 5 nitrogen and oxygen atoms in total. The van der Waals surface area contributed by atoms with Gasteiger partial charge >= 0.3 is 5.69 Å². The zero-order valence-electron chi connectivity index (χ0n) is 12.5. The number of hydrogen-bond acceptors (Lipinski definition) is 3. The molecule has 0 fully saturated rings. The summed E-state index contributed by atoms with van der Waals surface area (Å²) < 4.78 is 1.76. The summed E-state index contributed by atoms with van der Waals surface area (Å²) in [6.45, 7) is 0. The van der Waals surface area contributed by atoms with Crippen molar-refractivity contribution >= 4 is 10.9 Å². The molecule has 2 aromatic heterocycles. The van der Waals surface area contributed by atoms with E-state index in [-0.39, 0.29) is 5.69 Å². The van der Waals surface area contributed by atoms with E-state index in [1.54, 1.807) is 4.68 Å². The molecule has 1 N–H and O–H groups in total. The quantitative estimate of drug-likeness (QED) is 0.619. The second-order valence-electron chi connectivity index (χ2n) is 5.36. The number of nitrogens with zero attached hydrogens (tertiary/aromatic N) is 3. The van der Waals surface area contributed by atoms with Crippen LogP contribution in [0.25, 0.3) is 33.4 Å². The fourth-order valence-electron chi connectivity index (χ4n) is 2.79. The van der Waals surface area contributed by atoms with Crippen LogP contribution in [-0.2, 0) is 7.05 Å². The second kappa shape index (κ2) is 5.21. The minimum Gasteiger partial charge on any atom is -0.305 e. The van der Waals surface area contributed by atoms with E-state index in [1.165, 1.54) is 0 Å². The first-order valence-electron chi connectivity index (χ1n) is 7.31. The number of H-pyrrole nitrogens is 1. The van der Waals surface area contributed by atoms with E-state index in [0.29, 0.717) is 5.69 Å². The molecule has 0 aliphatic heterocycles. The molecule has 2 heterocycles. The van der Waals surface area contributed by atoms with Gasteiger partial charge in [-0.25, -0.2) is 4.79 Å². The van der Waals surface area contributed by atoms with Crippen molar-refractivity contribution in [2.75, 3.05) is 0 Å². The fourth-order valence-corrected chi connectivity index (χ4v) is 2.79. The van der Waals surface area contributed by atoms with Gasteiger partial charge in [0.05, 0.1) is 16.9 Å². The molecule has 4 rings (SSSR count). The summed E-state index contributed by atoms with van der Waals surface area (Å²) in [5.41, 5.74) is 3.79. The van der Waals surface area contributed by atoms with E-state index in [1.807, 2.05) is 67.8 Å². The number of hydrogen-bond donors (Lipinski definition) is 1. The zero-order valence-corrected chi connectivity index (χ0v) is 12.5. The van der Waals surface area contributed by atoms with Crippen LogP contribution in [0.1, 0.15) is 0 Å². The van der Waals surface area contributed by atoms with Crippen LogP contribution in [0.3, 0.4) is 0 Å². The molecule has 0 aliphatic rings. The maximum absolute atomic E-state index is 11.9. The Kier molecular flexibility index (Phi) is 3.05. The summed E-state index contributed by atoms with van der Waals surface area (Å²) in [4.78, 5) is 19.0. The van der Waals surface area contributed by atoms with Crippen molar-refractivity contribution in [1.29, 1.82) is 0 Å². The largest absolute Gasteiger partial charge is 0.345 e. The van der Waals surface area contributed by atoms with Gasteiger partial charge in [0, 0.05) is 29.8 Å². The molecule has 5 heteroatoms. The Balaban J connectivity index is 2.12. The first-order valence-corrected chi connectivity index (χ1v) is 7.31. The van der Waals surface area contributed by atoms with Crippen molar-refractivity contribution in [3.05, 3.63) is 71.3 Å². The number of fused-ring (bicyclic) bond motifs is 1. The number of aromatic amines is 1. The van der Waals surface area contributed by atoms with Gasteiger partial charge in [-0.3, -0.25) is 4.68 Å². The molecule has 112 valence electrons. The average molecular weight is 302 g/mol. The van der Waals surface area contributed by atoms with Crippen LogP contribution in [-0.4, -0.2) is 19.7 Å². The summed E-state index contributed by atoms with van der Waals surface area (Å²) >= 11 is 0. The third kappa shape index (κ3) is 2.32. The molecule has 0 atom stereocenters. The van der Waals surface area contributed by atoms with Gasteiger partial charge in [-0.15, -0.1) is 0 Å². The monoisotopic (exact) mass is 302 g/mol. The highest BCUT2D eigenvalue weighted by Gasteiger charge is 2.14. The van der Waals surface area contributed by atoms with Crippen LogP contribution in [0, 0.1) is 0 Å². The summed E-state index contributed by atoms with van der Waals surface area (Å²) in [5, 5.41) is 5.39. The highest BCUT2D eigenvalue weighted by molar-refractivity contribution is 6.02. The predicted octanol–water partition coefficient (Wildman–Crippen LogP) is 2.99. The third-order valence-electron chi connectivity index (χ3n) is 3.79. The Morgan fingerprint density at radius 2 is 1.83 bits per heavy atom. The van der Waals surface area contributed by atoms with Gasteiger partial charge in [-0.05, 0) is 12.1 Å². The van der Waals surface area contributed by atoms with E-state index in [9.17, 15) is 4.79 Å². The number of benzene rings is 2. The standard InChI is InChI=1S/C18H14N4O/c1-22-11-10-14(21-22)13-8-5-9-15-16(13)17(20-18(23)19-15)12-6-3-2-4-7-12/h2-11H,1H3,(H,19,20,23). The van der Waals surface area contributed by atoms with Crippen LogP contribution in [0.2, 0.25) is 0 Å². The summed E-state index contributed by atoms with van der Waals surface area (Å²) in [6.07, 6.45) is 1.90. The molecular formula is C18H14N4O. The van der Waals surface area contributed by atoms with E-state index < -0.39 is 0 Å². The third-order valence-corrected chi connectivity index (χ3v) is 3.79. The summed E-state index contributed by atoms with van der Waals surface area (Å²) in [6, 6.07) is 17.5. The summed E-state index contributed by atoms with van der Waals surface area (Å²) in [5.74, 6) is 0. The molecule has 2 aromatic carbocycles. The lowest BCUT2D eigenvalue weighted by molar-refractivity contribution is 0.771. The average Bonchev–Trinajstić information content (AvgIpc) is 3.00. The van der Waals surface area contributed by atoms with Crippen molar-refractivity contribution < 1.29 is 0 Å². The van der Waals surface area contributed by atoms with Gasteiger partial charge in [0.1, 0.15) is 0 Å². The van der Waals surface area contributed by atoms with Gasteiger partial charge in [-0.1, -0.05) is 42.5 Å². The summed E-state index contributed by atoms with van der Waals surface area (Å²) in [7, 11) is 1.88. The van der Waals surface area contributed by atoms with Gasteiger partial charge in [0.2, 0.25) is 0 Å². The van der Waals surface area contributed by atoms with E-state index >= 15 is 0 Å². The molecule has 0 bridgehead atoms. The normalized spacial score (nSPS) is 11.0. The number of aromatic nitrogens is 4. The SMILES string of the molecule is Cn1ccc(-c2cccc3[nH]c(=O)nc(-c4ccccc4)c23)n1. The van der Waals surface area contributed by atoms with Crippen LogP contribution in [0.15, 0.2) is 65.6 Å². The van der Waals surface area contributed by atoms with Crippen LogP contribution < -0.4 is 5.69 Å². The molecule has 4 aromatic rings. The van der Waals surface area contributed by atoms with Crippen LogP contribution >= 0.6 is 0 Å². The molecule has 23 heavy (non-hydrogen) atoms. The first kappa shape index (κ1) is 13.5. The molecule has 0 aliphatic carbocycles. The van der Waals surface area contributed by atoms with E-state index in [0.717, 1.165) is 27.7 Å². The molecule has 0 saturated carbocycles. The van der Waals surface area contributed by atoms with Crippen LogP contribution in [0.4, 0.5) is 0 Å². The highest BCUT2D eigenvalue weighted by Crippen LogP contribution is 2.32. The minimum atomic E-state index is -0.352. The predicted molar refractivity (Wildman–Crippen MR) is 90.0 cm³/mol. The Bertz CT molecular complexity index is 1050. The van der Waals surface area contributed by atoms with Crippen molar-refractivity contribution in [1.82, 2.24) is 19.7 Å². The first-order chi connectivity index (χ1) is 11.2. The lowest BCUT2D eigenvalue weighted by Gasteiger charge is -2.09. The van der Waals surface area contributed by atoms with Crippen molar-refractivity contribution in [2.24, 2.45) is 7.05 Å². The van der Waals surface area contributed by atoms with Gasteiger partial charge in [0.15, 0.2) is 0 Å². The van der Waals surface area contributed by atoms with Crippen molar-refractivity contribution in [2.45, 2.75) is 0 Å². The topological polar surface area (TPSA) is 63.6 Å². The highest BCUT2D eigenvalue weighted by atomic mass is 16.1. The molecular weight excluding hydrogens is 288 g/mol. The Hall–Kier alpha value is -3.21. The number of nitrogens with one attached hydrogen (secondary N) is 1. The van der Waals surface area contributed by atoms with E-state index in [4.69, 9.17) is 0 Å². The van der Waals surface area contributed by atoms with Crippen molar-refractivity contribution in [3.63, 3.8) is 0 Å². The number of aryl methyl sites for hydroxylation is 1. The van der Waals surface area contributed by atoms with Gasteiger partial charge in [0.25, 0.3) is 0 Å². The van der Waals surface area contributed by atoms with E-state index in [2.05, 4.69) is 15.1 Å². The fraction of sp³-hybridized carbons (Fsp3) is 0.0556. The molecule has 0 radical (unpaired) electrons. The van der Waals surface area contributed by atoms with Gasteiger partial charge < -0.3 is 4.98 Å². The molecule has 0 unspecified atom stereocenters. The van der Waals surface area contributed by atoms with Crippen LogP contribution in [0.5, 0.6) is 0 Å². The molecule has 0 amide bonds. The maximum atomic E-state index is 11.9. The van der Waals surface area contributed by atoms with Crippen molar-refractivity contribution in [3.8, 4) is 22.5 Å². The number of rotatable bonds is 2. The Labute approximate surface area is 132 Å². The van der Waals surface area contributed by atoms with Gasteiger partial charge in [-0.2, -0.15) is 10.1 Å². The lowest BCUT2D eigenvalue weighted by Crippen LogP contribution is -2.11. The molecule has 0 spiro atoms. The second-order valence-corrected chi connectivity index (χ2v) is 5.36.